The molecule has 3 aromatic rings. The zero-order valence-corrected chi connectivity index (χ0v) is 15.2. The molecule has 3 rings (SSSR count). The van der Waals surface area contributed by atoms with Crippen molar-refractivity contribution in [3.8, 4) is 5.75 Å². The van der Waals surface area contributed by atoms with Gasteiger partial charge < -0.3 is 15.4 Å². The Bertz CT molecular complexity index is 885. The number of benzene rings is 2. The zero-order valence-electron chi connectivity index (χ0n) is 13.7. The molecule has 0 radical (unpaired) electrons. The standard InChI is InChI=1S/C18H16Cl2N4O/c1-11-21-17(23-14-6-3-12(19)4-7-14)10-18(22-11)24-15-9-13(20)5-8-16(15)25-2/h3-10H,1-2H3,(H2,21,22,23,24). The Morgan fingerprint density at radius 1 is 0.840 bits per heavy atom. The van der Waals surface area contributed by atoms with E-state index < -0.39 is 0 Å². The van der Waals surface area contributed by atoms with E-state index in [9.17, 15) is 0 Å². The Balaban J connectivity index is 1.87. The molecule has 0 saturated heterocycles. The molecule has 2 aromatic carbocycles. The molecule has 7 heteroatoms. The fraction of sp³-hybridized carbons (Fsp3) is 0.111. The summed E-state index contributed by atoms with van der Waals surface area (Å²) in [4.78, 5) is 8.81. The fourth-order valence-corrected chi connectivity index (χ4v) is 2.59. The van der Waals surface area contributed by atoms with Gasteiger partial charge in [-0.25, -0.2) is 9.97 Å². The lowest BCUT2D eigenvalue weighted by molar-refractivity contribution is 0.417. The summed E-state index contributed by atoms with van der Waals surface area (Å²) in [5.41, 5.74) is 1.61. The van der Waals surface area contributed by atoms with Crippen LogP contribution in [0, 0.1) is 6.92 Å². The Labute approximate surface area is 156 Å². The van der Waals surface area contributed by atoms with Gasteiger partial charge in [0.1, 0.15) is 23.2 Å². The van der Waals surface area contributed by atoms with E-state index in [1.807, 2.05) is 37.3 Å². The molecule has 0 bridgehead atoms. The highest BCUT2D eigenvalue weighted by Gasteiger charge is 2.08. The molecular weight excluding hydrogens is 359 g/mol. The maximum absolute atomic E-state index is 6.07. The van der Waals surface area contributed by atoms with Crippen molar-refractivity contribution in [1.82, 2.24) is 9.97 Å². The van der Waals surface area contributed by atoms with Gasteiger partial charge in [0.15, 0.2) is 0 Å². The van der Waals surface area contributed by atoms with Crippen molar-refractivity contribution in [1.29, 1.82) is 0 Å². The van der Waals surface area contributed by atoms with Gasteiger partial charge in [0.2, 0.25) is 0 Å². The minimum atomic E-state index is 0.605. The molecule has 0 aliphatic carbocycles. The van der Waals surface area contributed by atoms with E-state index in [0.717, 1.165) is 11.4 Å². The monoisotopic (exact) mass is 374 g/mol. The second-order valence-electron chi connectivity index (χ2n) is 5.29. The fourth-order valence-electron chi connectivity index (χ4n) is 2.29. The summed E-state index contributed by atoms with van der Waals surface area (Å²) in [6.45, 7) is 1.83. The molecule has 0 spiro atoms. The molecule has 25 heavy (non-hydrogen) atoms. The van der Waals surface area contributed by atoms with Crippen LogP contribution < -0.4 is 15.4 Å². The number of methoxy groups -OCH3 is 1. The number of nitrogens with zero attached hydrogens (tertiary/aromatic N) is 2. The highest BCUT2D eigenvalue weighted by molar-refractivity contribution is 6.31. The summed E-state index contributed by atoms with van der Waals surface area (Å²) < 4.78 is 5.35. The van der Waals surface area contributed by atoms with Crippen molar-refractivity contribution in [3.63, 3.8) is 0 Å². The predicted octanol–water partition coefficient (Wildman–Crippen LogP) is 5.59. The van der Waals surface area contributed by atoms with Crippen LogP contribution in [0.3, 0.4) is 0 Å². The molecule has 1 heterocycles. The Morgan fingerprint density at radius 2 is 1.48 bits per heavy atom. The second kappa shape index (κ2) is 7.59. The number of hydrogen-bond donors (Lipinski definition) is 2. The second-order valence-corrected chi connectivity index (χ2v) is 6.16. The van der Waals surface area contributed by atoms with Crippen molar-refractivity contribution >= 4 is 46.2 Å². The first-order valence-corrected chi connectivity index (χ1v) is 8.28. The van der Waals surface area contributed by atoms with E-state index in [2.05, 4.69) is 20.6 Å². The lowest BCUT2D eigenvalue weighted by Crippen LogP contribution is -2.02. The van der Waals surface area contributed by atoms with Gasteiger partial charge in [-0.2, -0.15) is 0 Å². The lowest BCUT2D eigenvalue weighted by Gasteiger charge is -2.13. The van der Waals surface area contributed by atoms with Crippen molar-refractivity contribution in [2.75, 3.05) is 17.7 Å². The molecule has 0 amide bonds. The molecule has 1 aromatic heterocycles. The number of rotatable bonds is 5. The molecule has 2 N–H and O–H groups in total. The van der Waals surface area contributed by atoms with Crippen molar-refractivity contribution in [3.05, 3.63) is 64.4 Å². The summed E-state index contributed by atoms with van der Waals surface area (Å²) in [6, 6.07) is 14.5. The van der Waals surface area contributed by atoms with Gasteiger partial charge in [0, 0.05) is 21.8 Å². The largest absolute Gasteiger partial charge is 0.495 e. The first-order valence-electron chi connectivity index (χ1n) is 7.52. The van der Waals surface area contributed by atoms with Crippen LogP contribution in [0.15, 0.2) is 48.5 Å². The van der Waals surface area contributed by atoms with E-state index in [1.54, 1.807) is 25.3 Å². The maximum Gasteiger partial charge on any atom is 0.142 e. The summed E-state index contributed by atoms with van der Waals surface area (Å²) in [7, 11) is 1.60. The quantitative estimate of drug-likeness (QED) is 0.609. The molecular formula is C18H16Cl2N4O. The summed E-state index contributed by atoms with van der Waals surface area (Å²) >= 11 is 12.0. The summed E-state index contributed by atoms with van der Waals surface area (Å²) in [5.74, 6) is 2.60. The third-order valence-electron chi connectivity index (χ3n) is 3.38. The van der Waals surface area contributed by atoms with Gasteiger partial charge in [0.25, 0.3) is 0 Å². The Morgan fingerprint density at radius 3 is 2.16 bits per heavy atom. The zero-order chi connectivity index (χ0) is 17.8. The van der Waals surface area contributed by atoms with Crippen LogP contribution in [-0.4, -0.2) is 17.1 Å². The molecule has 0 fully saturated rings. The minimum Gasteiger partial charge on any atom is -0.495 e. The number of aryl methyl sites for hydroxylation is 1. The van der Waals surface area contributed by atoms with Crippen LogP contribution >= 0.6 is 23.2 Å². The molecule has 0 unspecified atom stereocenters. The molecule has 0 aliphatic heterocycles. The molecule has 0 saturated carbocycles. The highest BCUT2D eigenvalue weighted by atomic mass is 35.5. The third kappa shape index (κ3) is 4.53. The van der Waals surface area contributed by atoms with Crippen molar-refractivity contribution < 1.29 is 4.74 Å². The van der Waals surface area contributed by atoms with Gasteiger partial charge in [-0.3, -0.25) is 0 Å². The van der Waals surface area contributed by atoms with Gasteiger partial charge in [-0.15, -0.1) is 0 Å². The molecule has 0 aliphatic rings. The van der Waals surface area contributed by atoms with Gasteiger partial charge >= 0.3 is 0 Å². The SMILES string of the molecule is COc1ccc(Cl)cc1Nc1cc(Nc2ccc(Cl)cc2)nc(C)n1. The van der Waals surface area contributed by atoms with Crippen LogP contribution in [0.1, 0.15) is 5.82 Å². The predicted molar refractivity (Wildman–Crippen MR) is 103 cm³/mol. The van der Waals surface area contributed by atoms with Crippen LogP contribution in [0.25, 0.3) is 0 Å². The number of anilines is 4. The number of halogens is 2. The van der Waals surface area contributed by atoms with E-state index in [4.69, 9.17) is 27.9 Å². The molecule has 128 valence electrons. The Kier molecular flexibility index (Phi) is 5.26. The van der Waals surface area contributed by atoms with Gasteiger partial charge in [-0.1, -0.05) is 23.2 Å². The number of hydrogen-bond acceptors (Lipinski definition) is 5. The third-order valence-corrected chi connectivity index (χ3v) is 3.87. The van der Waals surface area contributed by atoms with Crippen LogP contribution in [0.4, 0.5) is 23.0 Å². The molecule has 0 atom stereocenters. The topological polar surface area (TPSA) is 59.1 Å². The van der Waals surface area contributed by atoms with Crippen LogP contribution in [0.2, 0.25) is 10.0 Å². The first-order chi connectivity index (χ1) is 12.0. The van der Waals surface area contributed by atoms with Crippen molar-refractivity contribution in [2.24, 2.45) is 0 Å². The highest BCUT2D eigenvalue weighted by Crippen LogP contribution is 2.30. The minimum absolute atomic E-state index is 0.605. The van der Waals surface area contributed by atoms with Gasteiger partial charge in [0.05, 0.1) is 12.8 Å². The van der Waals surface area contributed by atoms with E-state index >= 15 is 0 Å². The number of ether oxygens (including phenoxy) is 1. The van der Waals surface area contributed by atoms with Gasteiger partial charge in [-0.05, 0) is 49.4 Å². The average Bonchev–Trinajstić information content (AvgIpc) is 2.57. The van der Waals surface area contributed by atoms with E-state index in [-0.39, 0.29) is 0 Å². The normalized spacial score (nSPS) is 10.4. The lowest BCUT2D eigenvalue weighted by atomic mass is 10.3. The van der Waals surface area contributed by atoms with Crippen molar-refractivity contribution in [2.45, 2.75) is 6.92 Å². The van der Waals surface area contributed by atoms with Crippen LogP contribution in [-0.2, 0) is 0 Å². The van der Waals surface area contributed by atoms with E-state index in [0.29, 0.717) is 33.3 Å². The Hall–Kier alpha value is -2.50. The summed E-state index contributed by atoms with van der Waals surface area (Å²) in [5, 5.41) is 7.74. The number of nitrogens with one attached hydrogen (secondary N) is 2. The first kappa shape index (κ1) is 17.3. The van der Waals surface area contributed by atoms with Crippen LogP contribution in [0.5, 0.6) is 5.75 Å². The number of aromatic nitrogens is 2. The summed E-state index contributed by atoms with van der Waals surface area (Å²) in [6.07, 6.45) is 0. The average molecular weight is 375 g/mol. The maximum atomic E-state index is 6.07. The molecule has 5 nitrogen and oxygen atoms in total. The van der Waals surface area contributed by atoms with E-state index in [1.165, 1.54) is 0 Å². The smallest absolute Gasteiger partial charge is 0.142 e.